The summed E-state index contributed by atoms with van der Waals surface area (Å²) in [5.74, 6) is 0.617. The molecule has 1 aliphatic heterocycles. The van der Waals surface area contributed by atoms with Crippen molar-refractivity contribution in [3.05, 3.63) is 0 Å². The Bertz CT molecular complexity index is 195. The van der Waals surface area contributed by atoms with E-state index in [1.807, 2.05) is 0 Å². The lowest BCUT2D eigenvalue weighted by molar-refractivity contribution is -0.124. The van der Waals surface area contributed by atoms with Gasteiger partial charge in [0.1, 0.15) is 0 Å². The molecule has 3 nitrogen and oxygen atoms in total. The van der Waals surface area contributed by atoms with E-state index in [4.69, 9.17) is 0 Å². The van der Waals surface area contributed by atoms with Gasteiger partial charge >= 0.3 is 0 Å². The first kappa shape index (κ1) is 9.97. The van der Waals surface area contributed by atoms with Crippen LogP contribution in [0.4, 0.5) is 0 Å². The molecule has 1 aliphatic carbocycles. The molecule has 0 aromatic carbocycles. The SMILES string of the molecule is O=C(NCCC1CCN1)C1CCCC1. The molecule has 14 heavy (non-hydrogen) atoms. The number of amides is 1. The van der Waals surface area contributed by atoms with Crippen LogP contribution in [0.3, 0.4) is 0 Å². The molecule has 2 rings (SSSR count). The molecule has 3 heteroatoms. The van der Waals surface area contributed by atoms with Crippen LogP contribution in [0.25, 0.3) is 0 Å². The number of carbonyl (C=O) groups is 1. The van der Waals surface area contributed by atoms with E-state index in [2.05, 4.69) is 10.6 Å². The van der Waals surface area contributed by atoms with Crippen molar-refractivity contribution in [2.24, 2.45) is 5.92 Å². The highest BCUT2D eigenvalue weighted by Crippen LogP contribution is 2.24. The Kier molecular flexibility index (Phi) is 3.40. The van der Waals surface area contributed by atoms with Gasteiger partial charge in [-0.15, -0.1) is 0 Å². The van der Waals surface area contributed by atoms with Gasteiger partial charge in [-0.2, -0.15) is 0 Å². The first-order valence-corrected chi connectivity index (χ1v) is 5.87. The summed E-state index contributed by atoms with van der Waals surface area (Å²) in [6.45, 7) is 2.01. The average molecular weight is 196 g/mol. The molecule has 0 aromatic heterocycles. The molecule has 0 aromatic rings. The summed E-state index contributed by atoms with van der Waals surface area (Å²) in [4.78, 5) is 11.6. The number of nitrogens with one attached hydrogen (secondary N) is 2. The van der Waals surface area contributed by atoms with Crippen LogP contribution in [0, 0.1) is 5.92 Å². The fraction of sp³-hybridized carbons (Fsp3) is 0.909. The molecule has 1 atom stereocenters. The van der Waals surface area contributed by atoms with Crippen molar-refractivity contribution < 1.29 is 4.79 Å². The zero-order valence-electron chi connectivity index (χ0n) is 8.72. The van der Waals surface area contributed by atoms with Crippen molar-refractivity contribution >= 4 is 5.91 Å². The van der Waals surface area contributed by atoms with Gasteiger partial charge in [-0.05, 0) is 32.2 Å². The first-order chi connectivity index (χ1) is 6.86. The molecular formula is C11H20N2O. The topological polar surface area (TPSA) is 41.1 Å². The molecule has 80 valence electrons. The molecule has 1 unspecified atom stereocenters. The minimum Gasteiger partial charge on any atom is -0.356 e. The Morgan fingerprint density at radius 1 is 1.29 bits per heavy atom. The fourth-order valence-electron chi connectivity index (χ4n) is 2.30. The molecule has 2 N–H and O–H groups in total. The highest BCUT2D eigenvalue weighted by atomic mass is 16.1. The second kappa shape index (κ2) is 4.78. The van der Waals surface area contributed by atoms with E-state index in [1.54, 1.807) is 0 Å². The first-order valence-electron chi connectivity index (χ1n) is 5.87. The van der Waals surface area contributed by atoms with Gasteiger partial charge in [0.15, 0.2) is 0 Å². The van der Waals surface area contributed by atoms with E-state index in [0.717, 1.165) is 32.4 Å². The van der Waals surface area contributed by atoms with Crippen LogP contribution in [0.5, 0.6) is 0 Å². The number of hydrogen-bond donors (Lipinski definition) is 2. The van der Waals surface area contributed by atoms with Crippen molar-refractivity contribution in [1.82, 2.24) is 10.6 Å². The Morgan fingerprint density at radius 2 is 2.00 bits per heavy atom. The van der Waals surface area contributed by atoms with Gasteiger partial charge in [-0.1, -0.05) is 12.8 Å². The molecule has 1 saturated heterocycles. The minimum absolute atomic E-state index is 0.293. The molecule has 2 fully saturated rings. The van der Waals surface area contributed by atoms with Gasteiger partial charge in [0.25, 0.3) is 0 Å². The fourth-order valence-corrected chi connectivity index (χ4v) is 2.30. The molecule has 1 heterocycles. The van der Waals surface area contributed by atoms with E-state index >= 15 is 0 Å². The van der Waals surface area contributed by atoms with Crippen LogP contribution in [-0.2, 0) is 4.79 Å². The summed E-state index contributed by atoms with van der Waals surface area (Å²) in [5, 5.41) is 6.38. The lowest BCUT2D eigenvalue weighted by Crippen LogP contribution is -2.45. The lowest BCUT2D eigenvalue weighted by Gasteiger charge is -2.27. The maximum atomic E-state index is 11.6. The minimum atomic E-state index is 0.293. The second-order valence-electron chi connectivity index (χ2n) is 4.50. The molecular weight excluding hydrogens is 176 g/mol. The van der Waals surface area contributed by atoms with Crippen molar-refractivity contribution in [3.63, 3.8) is 0 Å². The van der Waals surface area contributed by atoms with Crippen molar-refractivity contribution in [2.75, 3.05) is 13.1 Å². The molecule has 0 bridgehead atoms. The van der Waals surface area contributed by atoms with Crippen LogP contribution in [-0.4, -0.2) is 25.0 Å². The van der Waals surface area contributed by atoms with E-state index in [9.17, 15) is 4.79 Å². The Morgan fingerprint density at radius 3 is 2.57 bits per heavy atom. The Labute approximate surface area is 85.6 Å². The van der Waals surface area contributed by atoms with E-state index < -0.39 is 0 Å². The standard InChI is InChI=1S/C11H20N2O/c14-11(9-3-1-2-4-9)13-8-6-10-5-7-12-10/h9-10,12H,1-8H2,(H,13,14). The van der Waals surface area contributed by atoms with Gasteiger partial charge < -0.3 is 10.6 Å². The highest BCUT2D eigenvalue weighted by molar-refractivity contribution is 5.78. The van der Waals surface area contributed by atoms with Gasteiger partial charge in [0.05, 0.1) is 0 Å². The van der Waals surface area contributed by atoms with Crippen LogP contribution < -0.4 is 10.6 Å². The summed E-state index contributed by atoms with van der Waals surface area (Å²) >= 11 is 0. The molecule has 1 saturated carbocycles. The van der Waals surface area contributed by atoms with Crippen LogP contribution >= 0.6 is 0 Å². The van der Waals surface area contributed by atoms with Gasteiger partial charge in [0, 0.05) is 18.5 Å². The molecule has 0 spiro atoms. The Balaban J connectivity index is 1.57. The van der Waals surface area contributed by atoms with E-state index in [0.29, 0.717) is 17.9 Å². The average Bonchev–Trinajstić information content (AvgIpc) is 2.61. The third-order valence-corrected chi connectivity index (χ3v) is 3.44. The predicted molar refractivity (Wildman–Crippen MR) is 56.0 cm³/mol. The molecule has 1 amide bonds. The summed E-state index contributed by atoms with van der Waals surface area (Å²) in [5.41, 5.74) is 0. The monoisotopic (exact) mass is 196 g/mol. The van der Waals surface area contributed by atoms with Crippen LogP contribution in [0.15, 0.2) is 0 Å². The number of rotatable bonds is 4. The zero-order chi connectivity index (χ0) is 9.80. The van der Waals surface area contributed by atoms with Crippen molar-refractivity contribution in [2.45, 2.75) is 44.6 Å². The van der Waals surface area contributed by atoms with Gasteiger partial charge in [0.2, 0.25) is 5.91 Å². The van der Waals surface area contributed by atoms with Gasteiger partial charge in [-0.3, -0.25) is 4.79 Å². The normalized spacial score (nSPS) is 27.3. The summed E-state index contributed by atoms with van der Waals surface area (Å²) in [6, 6.07) is 0.666. The summed E-state index contributed by atoms with van der Waals surface area (Å²) < 4.78 is 0. The second-order valence-corrected chi connectivity index (χ2v) is 4.50. The number of carbonyl (C=O) groups excluding carboxylic acids is 1. The van der Waals surface area contributed by atoms with Gasteiger partial charge in [-0.25, -0.2) is 0 Å². The maximum absolute atomic E-state index is 11.6. The third kappa shape index (κ3) is 2.47. The summed E-state index contributed by atoms with van der Waals surface area (Å²) in [7, 11) is 0. The van der Waals surface area contributed by atoms with Crippen molar-refractivity contribution in [1.29, 1.82) is 0 Å². The maximum Gasteiger partial charge on any atom is 0.223 e. The third-order valence-electron chi connectivity index (χ3n) is 3.44. The highest BCUT2D eigenvalue weighted by Gasteiger charge is 2.22. The van der Waals surface area contributed by atoms with E-state index in [-0.39, 0.29) is 0 Å². The van der Waals surface area contributed by atoms with E-state index in [1.165, 1.54) is 19.3 Å². The Hall–Kier alpha value is -0.570. The smallest absolute Gasteiger partial charge is 0.223 e. The summed E-state index contributed by atoms with van der Waals surface area (Å²) in [6.07, 6.45) is 7.06. The zero-order valence-corrected chi connectivity index (χ0v) is 8.72. The molecule has 0 radical (unpaired) electrons. The predicted octanol–water partition coefficient (Wildman–Crippen LogP) is 1.04. The quantitative estimate of drug-likeness (QED) is 0.705. The van der Waals surface area contributed by atoms with Crippen LogP contribution in [0.1, 0.15) is 38.5 Å². The largest absolute Gasteiger partial charge is 0.356 e. The lowest BCUT2D eigenvalue weighted by atomic mass is 10.0. The van der Waals surface area contributed by atoms with Crippen molar-refractivity contribution in [3.8, 4) is 0 Å². The number of hydrogen-bond acceptors (Lipinski definition) is 2. The molecule has 2 aliphatic rings. The van der Waals surface area contributed by atoms with Crippen LogP contribution in [0.2, 0.25) is 0 Å².